The van der Waals surface area contributed by atoms with Crippen molar-refractivity contribution in [1.82, 2.24) is 20.2 Å². The Morgan fingerprint density at radius 1 is 1.00 bits per heavy atom. The van der Waals surface area contributed by atoms with E-state index < -0.39 is 0 Å². The number of anilines is 3. The van der Waals surface area contributed by atoms with E-state index >= 15 is 0 Å². The molecule has 1 saturated heterocycles. The van der Waals surface area contributed by atoms with Crippen molar-refractivity contribution in [3.63, 3.8) is 0 Å². The van der Waals surface area contributed by atoms with Crippen LogP contribution in [0.15, 0.2) is 41.6 Å². The number of rotatable bonds is 8. The number of carbonyl (C=O) groups is 1. The van der Waals surface area contributed by atoms with Crippen LogP contribution in [-0.4, -0.2) is 71.9 Å². The van der Waals surface area contributed by atoms with E-state index in [1.807, 2.05) is 32.2 Å². The molecule has 1 saturated carbocycles. The maximum Gasteiger partial charge on any atom is 0.350 e. The summed E-state index contributed by atoms with van der Waals surface area (Å²) >= 11 is 0. The Kier molecular flexibility index (Phi) is 8.82. The van der Waals surface area contributed by atoms with Gasteiger partial charge in [-0.2, -0.15) is 5.10 Å². The Hall–Kier alpha value is -2.97. The lowest BCUT2D eigenvalue weighted by Gasteiger charge is -2.29. The number of aromatic nitrogens is 1. The molecule has 2 fully saturated rings. The van der Waals surface area contributed by atoms with Crippen LogP contribution in [-0.2, 0) is 0 Å². The zero-order valence-electron chi connectivity index (χ0n) is 24.1. The average molecular weight is 532 g/mol. The Balaban J connectivity index is 1.35. The molecule has 1 aromatic heterocycles. The van der Waals surface area contributed by atoms with Gasteiger partial charge in [0, 0.05) is 30.6 Å². The number of fused-ring (bicyclic) bond motifs is 1. The van der Waals surface area contributed by atoms with Gasteiger partial charge in [0.1, 0.15) is 5.82 Å². The van der Waals surface area contributed by atoms with Gasteiger partial charge in [0.25, 0.3) is 0 Å². The van der Waals surface area contributed by atoms with E-state index in [2.05, 4.69) is 47.7 Å². The summed E-state index contributed by atoms with van der Waals surface area (Å²) in [5, 5.41) is 13.9. The topological polar surface area (TPSA) is 76.1 Å². The monoisotopic (exact) mass is 531 g/mol. The van der Waals surface area contributed by atoms with Crippen molar-refractivity contribution in [1.29, 1.82) is 0 Å². The summed E-state index contributed by atoms with van der Waals surface area (Å²) in [4.78, 5) is 23.0. The van der Waals surface area contributed by atoms with E-state index in [0.717, 1.165) is 67.2 Å². The fraction of sp³-hybridized carbons (Fsp3) is 0.581. The third kappa shape index (κ3) is 6.44. The van der Waals surface area contributed by atoms with Crippen LogP contribution in [0, 0.1) is 12.8 Å². The van der Waals surface area contributed by atoms with Crippen molar-refractivity contribution in [2.45, 2.75) is 77.8 Å². The Morgan fingerprint density at radius 3 is 2.46 bits per heavy atom. The summed E-state index contributed by atoms with van der Waals surface area (Å²) < 4.78 is 0. The molecule has 39 heavy (non-hydrogen) atoms. The average Bonchev–Trinajstić information content (AvgIpc) is 3.06. The molecule has 0 unspecified atom stereocenters. The van der Waals surface area contributed by atoms with Crippen LogP contribution >= 0.6 is 0 Å². The zero-order chi connectivity index (χ0) is 27.4. The van der Waals surface area contributed by atoms with Gasteiger partial charge in [0.2, 0.25) is 0 Å². The van der Waals surface area contributed by atoms with Crippen LogP contribution in [0.4, 0.5) is 22.0 Å². The van der Waals surface area contributed by atoms with Crippen LogP contribution in [0.1, 0.15) is 69.9 Å². The molecule has 2 N–H and O–H groups in total. The molecule has 8 heteroatoms. The van der Waals surface area contributed by atoms with E-state index in [1.54, 1.807) is 9.91 Å². The predicted octanol–water partition coefficient (Wildman–Crippen LogP) is 5.75. The smallest absolute Gasteiger partial charge is 0.350 e. The fourth-order valence-corrected chi connectivity index (χ4v) is 6.02. The largest absolute Gasteiger partial charge is 0.383 e. The highest BCUT2D eigenvalue weighted by Gasteiger charge is 2.35. The van der Waals surface area contributed by atoms with E-state index in [-0.39, 0.29) is 12.1 Å². The zero-order valence-corrected chi connectivity index (χ0v) is 24.1. The second-order valence-electron chi connectivity index (χ2n) is 11.8. The highest BCUT2D eigenvalue weighted by atomic mass is 16.2. The highest BCUT2D eigenvalue weighted by molar-refractivity contribution is 6.13. The molecular formula is C31H45N7O. The first kappa shape index (κ1) is 27.6. The third-order valence-corrected chi connectivity index (χ3v) is 8.34. The van der Waals surface area contributed by atoms with Gasteiger partial charge in [-0.1, -0.05) is 31.4 Å². The Labute approximate surface area is 233 Å². The minimum Gasteiger partial charge on any atom is -0.383 e. The van der Waals surface area contributed by atoms with Crippen molar-refractivity contribution in [3.05, 3.63) is 47.7 Å². The minimum absolute atomic E-state index is 0.0630. The normalized spacial score (nSPS) is 19.7. The molecule has 210 valence electrons. The molecule has 1 aliphatic carbocycles. The Bertz CT molecular complexity index is 1150. The SMILES string of the molecule is Cc1ccc2c(c1)N(c1ccc(NCCNC3CCN(C)CC3)cn1)C(=O)N(C(C)C)N=C2C1CCCCC1. The van der Waals surface area contributed by atoms with E-state index in [4.69, 9.17) is 10.1 Å². The molecule has 8 nitrogen and oxygen atoms in total. The first-order valence-corrected chi connectivity index (χ1v) is 14.9. The number of urea groups is 1. The van der Waals surface area contributed by atoms with Crippen LogP contribution in [0.2, 0.25) is 0 Å². The van der Waals surface area contributed by atoms with Crippen LogP contribution in [0.25, 0.3) is 0 Å². The van der Waals surface area contributed by atoms with Gasteiger partial charge in [0.05, 0.1) is 29.3 Å². The first-order valence-electron chi connectivity index (χ1n) is 14.9. The van der Waals surface area contributed by atoms with Crippen molar-refractivity contribution in [2.24, 2.45) is 11.0 Å². The number of hydrogen-bond donors (Lipinski definition) is 2. The molecule has 2 aliphatic heterocycles. The number of hydrazone groups is 1. The maximum atomic E-state index is 14.0. The van der Waals surface area contributed by atoms with E-state index in [0.29, 0.717) is 17.8 Å². The third-order valence-electron chi connectivity index (χ3n) is 8.34. The number of piperidine rings is 1. The highest BCUT2D eigenvalue weighted by Crippen LogP contribution is 2.38. The number of nitrogens with one attached hydrogen (secondary N) is 2. The van der Waals surface area contributed by atoms with Gasteiger partial charge in [-0.05, 0) is 90.4 Å². The molecule has 3 aliphatic rings. The van der Waals surface area contributed by atoms with Crippen molar-refractivity contribution in [3.8, 4) is 0 Å². The number of nitrogens with zero attached hydrogens (tertiary/aromatic N) is 5. The summed E-state index contributed by atoms with van der Waals surface area (Å²) in [6.45, 7) is 10.2. The summed E-state index contributed by atoms with van der Waals surface area (Å²) in [6, 6.07) is 10.7. The van der Waals surface area contributed by atoms with E-state index in [1.165, 1.54) is 32.1 Å². The number of pyridine rings is 1. The Morgan fingerprint density at radius 2 is 1.77 bits per heavy atom. The van der Waals surface area contributed by atoms with Crippen LogP contribution < -0.4 is 15.5 Å². The molecule has 0 radical (unpaired) electrons. The second kappa shape index (κ2) is 12.5. The number of carbonyl (C=O) groups excluding carboxylic acids is 1. The molecule has 5 rings (SSSR count). The van der Waals surface area contributed by atoms with E-state index in [9.17, 15) is 4.79 Å². The molecule has 2 aromatic rings. The summed E-state index contributed by atoms with van der Waals surface area (Å²) in [6.07, 6.45) is 10.2. The summed E-state index contributed by atoms with van der Waals surface area (Å²) in [5.41, 5.74) is 5.04. The summed E-state index contributed by atoms with van der Waals surface area (Å²) in [5.74, 6) is 0.990. The maximum absolute atomic E-state index is 14.0. The van der Waals surface area contributed by atoms with Crippen molar-refractivity contribution < 1.29 is 4.79 Å². The molecule has 3 heterocycles. The van der Waals surface area contributed by atoms with Crippen LogP contribution in [0.3, 0.4) is 0 Å². The van der Waals surface area contributed by atoms with Crippen molar-refractivity contribution >= 4 is 28.9 Å². The number of hydrogen-bond acceptors (Lipinski definition) is 6. The van der Waals surface area contributed by atoms with Gasteiger partial charge in [-0.25, -0.2) is 19.7 Å². The van der Waals surface area contributed by atoms with Gasteiger partial charge >= 0.3 is 6.03 Å². The minimum atomic E-state index is -0.154. The molecular weight excluding hydrogens is 486 g/mol. The van der Waals surface area contributed by atoms with Crippen molar-refractivity contribution in [2.75, 3.05) is 43.4 Å². The fourth-order valence-electron chi connectivity index (χ4n) is 6.02. The first-order chi connectivity index (χ1) is 18.9. The van der Waals surface area contributed by atoms with Gasteiger partial charge in [0.15, 0.2) is 0 Å². The number of amides is 2. The van der Waals surface area contributed by atoms with Gasteiger partial charge in [-0.15, -0.1) is 0 Å². The van der Waals surface area contributed by atoms with Crippen LogP contribution in [0.5, 0.6) is 0 Å². The molecule has 0 bridgehead atoms. The quantitative estimate of drug-likeness (QED) is 0.424. The second-order valence-corrected chi connectivity index (χ2v) is 11.8. The lowest BCUT2D eigenvalue weighted by Crippen LogP contribution is -2.42. The molecule has 1 aromatic carbocycles. The lowest BCUT2D eigenvalue weighted by atomic mass is 9.82. The molecule has 2 amide bonds. The number of benzene rings is 1. The molecule has 0 atom stereocenters. The lowest BCUT2D eigenvalue weighted by molar-refractivity contribution is 0.195. The number of likely N-dealkylation sites (tertiary alicyclic amines) is 1. The predicted molar refractivity (Wildman–Crippen MR) is 160 cm³/mol. The van der Waals surface area contributed by atoms with Gasteiger partial charge < -0.3 is 15.5 Å². The number of aryl methyl sites for hydroxylation is 1. The molecule has 0 spiro atoms. The summed E-state index contributed by atoms with van der Waals surface area (Å²) in [7, 11) is 2.19. The standard InChI is InChI=1S/C31H45N7O/c1-22(2)38-31(39)37(28-20-23(3)10-12-27(28)30(35-38)24-8-6-5-7-9-24)29-13-11-26(21-34-29)33-17-16-32-25-14-18-36(4)19-15-25/h10-13,20-22,24-25,32-33H,5-9,14-19H2,1-4H3. The van der Waals surface area contributed by atoms with Gasteiger partial charge in [-0.3, -0.25) is 0 Å².